The second-order valence-corrected chi connectivity index (χ2v) is 6.30. The number of benzene rings is 1. The number of unbranched alkanes of at least 4 members (excludes halogenated alkanes) is 1. The number of ether oxygens (including phenoxy) is 2. The van der Waals surface area contributed by atoms with Gasteiger partial charge in [-0.25, -0.2) is 0 Å². The van der Waals surface area contributed by atoms with Crippen molar-refractivity contribution in [2.75, 3.05) is 55.5 Å². The van der Waals surface area contributed by atoms with Crippen molar-refractivity contribution in [3.63, 3.8) is 0 Å². The summed E-state index contributed by atoms with van der Waals surface area (Å²) >= 11 is 0. The lowest BCUT2D eigenvalue weighted by Gasteiger charge is -2.28. The van der Waals surface area contributed by atoms with Crippen LogP contribution >= 0.6 is 0 Å². The highest BCUT2D eigenvalue weighted by Crippen LogP contribution is 2.31. The van der Waals surface area contributed by atoms with Crippen LogP contribution in [0.2, 0.25) is 0 Å². The Labute approximate surface area is 152 Å². The van der Waals surface area contributed by atoms with Crippen LogP contribution in [-0.2, 0) is 0 Å². The number of rotatable bonds is 9. The number of hydrogen-bond donors (Lipinski definition) is 1. The average molecular weight is 351 g/mol. The van der Waals surface area contributed by atoms with Crippen LogP contribution in [0.3, 0.4) is 0 Å². The van der Waals surface area contributed by atoms with Gasteiger partial charge in [0.05, 0.1) is 20.3 Å². The van der Waals surface area contributed by atoms with Gasteiger partial charge in [0.25, 0.3) is 0 Å². The highest BCUT2D eigenvalue weighted by atomic mass is 16.5. The summed E-state index contributed by atoms with van der Waals surface area (Å²) in [5.41, 5.74) is 1.17. The molecule has 1 unspecified atom stereocenters. The summed E-state index contributed by atoms with van der Waals surface area (Å²) in [6.07, 6.45) is 2.33. The van der Waals surface area contributed by atoms with Gasteiger partial charge in [0.1, 0.15) is 0 Å². The Morgan fingerprint density at radius 3 is 2.36 bits per heavy atom. The van der Waals surface area contributed by atoms with E-state index in [4.69, 9.17) is 9.47 Å². The monoisotopic (exact) mass is 350 g/mol. The van der Waals surface area contributed by atoms with Gasteiger partial charge < -0.3 is 24.6 Å². The molecule has 0 aliphatic heterocycles. The van der Waals surface area contributed by atoms with E-state index in [2.05, 4.69) is 54.2 Å². The van der Waals surface area contributed by atoms with E-state index in [0.717, 1.165) is 37.0 Å². The largest absolute Gasteiger partial charge is 0.493 e. The molecule has 0 saturated heterocycles. The van der Waals surface area contributed by atoms with Crippen molar-refractivity contribution in [1.29, 1.82) is 0 Å². The Balaban J connectivity index is 2.87. The molecule has 0 radical (unpaired) electrons. The molecule has 1 atom stereocenters. The molecule has 25 heavy (non-hydrogen) atoms. The average Bonchev–Trinajstić information content (AvgIpc) is 2.62. The summed E-state index contributed by atoms with van der Waals surface area (Å²) in [5, 5.41) is 3.49. The van der Waals surface area contributed by atoms with E-state index in [1.54, 1.807) is 14.2 Å². The van der Waals surface area contributed by atoms with Crippen LogP contribution in [0, 0.1) is 0 Å². The predicted octanol–water partition coefficient (Wildman–Crippen LogP) is 2.61. The summed E-state index contributed by atoms with van der Waals surface area (Å²) in [6, 6.07) is 6.26. The number of likely N-dealkylation sites (N-methyl/N-ethyl adjacent to an activating group) is 1. The first-order valence-corrected chi connectivity index (χ1v) is 8.78. The second-order valence-electron chi connectivity index (χ2n) is 6.30. The minimum Gasteiger partial charge on any atom is -0.493 e. The summed E-state index contributed by atoms with van der Waals surface area (Å²) in [5.74, 6) is 2.41. The van der Waals surface area contributed by atoms with Gasteiger partial charge in [0, 0.05) is 27.2 Å². The van der Waals surface area contributed by atoms with Gasteiger partial charge in [-0.2, -0.15) is 0 Å². The molecule has 6 heteroatoms. The van der Waals surface area contributed by atoms with Crippen molar-refractivity contribution in [3.8, 4) is 11.5 Å². The first kappa shape index (κ1) is 21.1. The lowest BCUT2D eigenvalue weighted by Crippen LogP contribution is -2.43. The molecule has 0 spiro atoms. The van der Waals surface area contributed by atoms with E-state index >= 15 is 0 Å². The molecule has 6 nitrogen and oxygen atoms in total. The first-order valence-electron chi connectivity index (χ1n) is 8.78. The van der Waals surface area contributed by atoms with Crippen molar-refractivity contribution >= 4 is 5.96 Å². The van der Waals surface area contributed by atoms with Gasteiger partial charge in [-0.3, -0.25) is 4.99 Å². The van der Waals surface area contributed by atoms with E-state index in [1.807, 2.05) is 19.2 Å². The standard InChI is InChI=1S/C19H34N4O2/c1-8-9-12-23(5)19(20-2)21-14-16(22(3)4)15-10-11-17(24-6)18(13-15)25-7/h10-11,13,16H,8-9,12,14H2,1-7H3,(H,20,21). The molecular formula is C19H34N4O2. The summed E-state index contributed by atoms with van der Waals surface area (Å²) < 4.78 is 10.8. The van der Waals surface area contributed by atoms with Crippen molar-refractivity contribution in [2.24, 2.45) is 4.99 Å². The number of aliphatic imine (C=N–C) groups is 1. The van der Waals surface area contributed by atoms with Crippen molar-refractivity contribution in [3.05, 3.63) is 23.8 Å². The maximum absolute atomic E-state index is 5.44. The van der Waals surface area contributed by atoms with Crippen molar-refractivity contribution < 1.29 is 9.47 Å². The molecular weight excluding hydrogens is 316 g/mol. The topological polar surface area (TPSA) is 49.3 Å². The third-order valence-corrected chi connectivity index (χ3v) is 4.29. The van der Waals surface area contributed by atoms with E-state index in [1.165, 1.54) is 12.0 Å². The Kier molecular flexibility index (Phi) is 9.13. The molecule has 1 aromatic rings. The van der Waals surface area contributed by atoms with E-state index in [-0.39, 0.29) is 6.04 Å². The maximum atomic E-state index is 5.44. The SMILES string of the molecule is CCCCN(C)C(=NC)NCC(c1ccc(OC)c(OC)c1)N(C)C. The normalized spacial score (nSPS) is 12.9. The van der Waals surface area contributed by atoms with Gasteiger partial charge in [0.15, 0.2) is 17.5 Å². The van der Waals surface area contributed by atoms with Crippen LogP contribution in [0.5, 0.6) is 11.5 Å². The second kappa shape index (κ2) is 10.8. The molecule has 0 aromatic heterocycles. The number of nitrogens with zero attached hydrogens (tertiary/aromatic N) is 3. The molecule has 1 N–H and O–H groups in total. The number of methoxy groups -OCH3 is 2. The minimum atomic E-state index is 0.191. The van der Waals surface area contributed by atoms with Gasteiger partial charge >= 0.3 is 0 Å². The van der Waals surface area contributed by atoms with Crippen LogP contribution in [0.25, 0.3) is 0 Å². The fraction of sp³-hybridized carbons (Fsp3) is 0.632. The third-order valence-electron chi connectivity index (χ3n) is 4.29. The third kappa shape index (κ3) is 6.12. The zero-order chi connectivity index (χ0) is 18.8. The number of nitrogens with one attached hydrogen (secondary N) is 1. The summed E-state index contributed by atoms with van der Waals surface area (Å²) in [4.78, 5) is 8.75. The van der Waals surface area contributed by atoms with E-state index in [0.29, 0.717) is 0 Å². The van der Waals surface area contributed by atoms with Gasteiger partial charge in [-0.15, -0.1) is 0 Å². The van der Waals surface area contributed by atoms with E-state index in [9.17, 15) is 0 Å². The van der Waals surface area contributed by atoms with Crippen LogP contribution in [-0.4, -0.2) is 71.3 Å². The van der Waals surface area contributed by atoms with Gasteiger partial charge in [-0.05, 0) is 38.2 Å². The lowest BCUT2D eigenvalue weighted by atomic mass is 10.1. The van der Waals surface area contributed by atoms with E-state index < -0.39 is 0 Å². The summed E-state index contributed by atoms with van der Waals surface area (Å²) in [7, 11) is 11.4. The Morgan fingerprint density at radius 2 is 1.84 bits per heavy atom. The van der Waals surface area contributed by atoms with Crippen molar-refractivity contribution in [2.45, 2.75) is 25.8 Å². The zero-order valence-corrected chi connectivity index (χ0v) is 16.8. The molecule has 0 bridgehead atoms. The smallest absolute Gasteiger partial charge is 0.193 e. The number of guanidine groups is 1. The molecule has 0 fully saturated rings. The van der Waals surface area contributed by atoms with Crippen LogP contribution in [0.4, 0.5) is 0 Å². The molecule has 0 heterocycles. The zero-order valence-electron chi connectivity index (χ0n) is 16.8. The summed E-state index contributed by atoms with van der Waals surface area (Å²) in [6.45, 7) is 3.95. The first-order chi connectivity index (χ1) is 12.0. The lowest BCUT2D eigenvalue weighted by molar-refractivity contribution is 0.293. The van der Waals surface area contributed by atoms with Crippen LogP contribution in [0.15, 0.2) is 23.2 Å². The van der Waals surface area contributed by atoms with Gasteiger partial charge in [-0.1, -0.05) is 19.4 Å². The van der Waals surface area contributed by atoms with Crippen molar-refractivity contribution in [1.82, 2.24) is 15.1 Å². The van der Waals surface area contributed by atoms with Crippen LogP contribution < -0.4 is 14.8 Å². The van der Waals surface area contributed by atoms with Gasteiger partial charge in [0.2, 0.25) is 0 Å². The Morgan fingerprint density at radius 1 is 1.16 bits per heavy atom. The quantitative estimate of drug-likeness (QED) is 0.548. The Hall–Kier alpha value is -1.95. The predicted molar refractivity (Wildman–Crippen MR) is 105 cm³/mol. The van der Waals surface area contributed by atoms with Crippen LogP contribution in [0.1, 0.15) is 31.4 Å². The Bertz CT molecular complexity index is 546. The molecule has 0 amide bonds. The highest BCUT2D eigenvalue weighted by molar-refractivity contribution is 5.79. The minimum absolute atomic E-state index is 0.191. The molecule has 1 rings (SSSR count). The maximum Gasteiger partial charge on any atom is 0.193 e. The fourth-order valence-corrected chi connectivity index (χ4v) is 2.73. The molecule has 142 valence electrons. The number of hydrogen-bond acceptors (Lipinski definition) is 4. The molecule has 0 aliphatic carbocycles. The molecule has 0 aliphatic rings. The molecule has 0 saturated carbocycles. The molecule has 1 aromatic carbocycles. The fourth-order valence-electron chi connectivity index (χ4n) is 2.73. The highest BCUT2D eigenvalue weighted by Gasteiger charge is 2.18.